The summed E-state index contributed by atoms with van der Waals surface area (Å²) in [5.41, 5.74) is 3.26. The zero-order valence-corrected chi connectivity index (χ0v) is 18.1. The molecule has 0 aliphatic carbocycles. The van der Waals surface area contributed by atoms with Gasteiger partial charge in [-0.1, -0.05) is 29.8 Å². The molecule has 0 amide bonds. The van der Waals surface area contributed by atoms with Gasteiger partial charge in [0.05, 0.1) is 32.9 Å². The Balaban J connectivity index is 1.58. The first kappa shape index (κ1) is 20.3. The number of rotatable bonds is 3. The van der Waals surface area contributed by atoms with Crippen molar-refractivity contribution in [3.63, 3.8) is 0 Å². The lowest BCUT2D eigenvalue weighted by Crippen LogP contribution is -2.10. The van der Waals surface area contributed by atoms with E-state index in [4.69, 9.17) is 11.6 Å². The summed E-state index contributed by atoms with van der Waals surface area (Å²) in [4.78, 5) is 18.9. The molecular weight excluding hydrogens is 459 g/mol. The van der Waals surface area contributed by atoms with Gasteiger partial charge in [-0.05, 0) is 42.5 Å². The van der Waals surface area contributed by atoms with Crippen LogP contribution >= 0.6 is 11.6 Å². The standard InChI is InChI=1S/C24H14ClFN6O2/c25-13-8-9-20-16(10-13)23(14-4-1-2-5-17(14)26)27-12-22-29-30-24(31(20)22)19-11-15-18(28-19)6-3-7-21(15)32(33)34/h1-11,28H,12H2. The van der Waals surface area contributed by atoms with Crippen LogP contribution in [-0.2, 0) is 6.54 Å². The summed E-state index contributed by atoms with van der Waals surface area (Å²) < 4.78 is 16.5. The van der Waals surface area contributed by atoms with E-state index in [9.17, 15) is 14.5 Å². The van der Waals surface area contributed by atoms with Crippen molar-refractivity contribution in [1.29, 1.82) is 0 Å². The molecule has 1 aliphatic rings. The minimum absolute atomic E-state index is 0.00652. The maximum absolute atomic E-state index is 14.7. The predicted molar refractivity (Wildman–Crippen MR) is 126 cm³/mol. The molecule has 0 fully saturated rings. The van der Waals surface area contributed by atoms with Gasteiger partial charge in [-0.25, -0.2) is 4.39 Å². The van der Waals surface area contributed by atoms with E-state index in [1.807, 2.05) is 4.57 Å². The number of H-pyrrole nitrogens is 1. The lowest BCUT2D eigenvalue weighted by molar-refractivity contribution is -0.383. The molecule has 2 aromatic heterocycles. The normalized spacial score (nSPS) is 12.7. The van der Waals surface area contributed by atoms with Crippen LogP contribution in [0.4, 0.5) is 10.1 Å². The molecule has 5 aromatic rings. The van der Waals surface area contributed by atoms with Crippen molar-refractivity contribution in [1.82, 2.24) is 19.7 Å². The molecule has 0 bridgehead atoms. The Bertz CT molecular complexity index is 1650. The first-order valence-electron chi connectivity index (χ1n) is 10.3. The maximum atomic E-state index is 14.7. The third kappa shape index (κ3) is 3.09. The number of halogens is 2. The molecule has 0 radical (unpaired) electrons. The Labute approximate surface area is 196 Å². The fourth-order valence-corrected chi connectivity index (χ4v) is 4.45. The number of aromatic nitrogens is 4. The summed E-state index contributed by atoms with van der Waals surface area (Å²) in [5.74, 6) is 0.597. The van der Waals surface area contributed by atoms with Crippen LogP contribution in [0.3, 0.4) is 0 Å². The Hall–Kier alpha value is -4.37. The average molecular weight is 473 g/mol. The van der Waals surface area contributed by atoms with Crippen LogP contribution < -0.4 is 0 Å². The molecule has 8 nitrogen and oxygen atoms in total. The van der Waals surface area contributed by atoms with E-state index in [1.54, 1.807) is 54.6 Å². The molecule has 34 heavy (non-hydrogen) atoms. The summed E-state index contributed by atoms with van der Waals surface area (Å²) in [5, 5.41) is 21.1. The monoisotopic (exact) mass is 472 g/mol. The van der Waals surface area contributed by atoms with Crippen molar-refractivity contribution < 1.29 is 9.31 Å². The predicted octanol–water partition coefficient (Wildman–Crippen LogP) is 5.47. The van der Waals surface area contributed by atoms with E-state index in [-0.39, 0.29) is 12.2 Å². The van der Waals surface area contributed by atoms with Crippen LogP contribution in [0.25, 0.3) is 28.1 Å². The highest BCUT2D eigenvalue weighted by molar-refractivity contribution is 6.31. The molecule has 1 N–H and O–H groups in total. The molecule has 1 aliphatic heterocycles. The van der Waals surface area contributed by atoms with Crippen molar-refractivity contribution in [3.05, 3.63) is 105 Å². The highest BCUT2D eigenvalue weighted by atomic mass is 35.5. The lowest BCUT2D eigenvalue weighted by atomic mass is 10.00. The zero-order valence-electron chi connectivity index (χ0n) is 17.4. The number of hydrogen-bond donors (Lipinski definition) is 1. The van der Waals surface area contributed by atoms with Crippen LogP contribution in [0.15, 0.2) is 71.7 Å². The number of nitro groups is 1. The highest BCUT2D eigenvalue weighted by Crippen LogP contribution is 2.34. The van der Waals surface area contributed by atoms with E-state index in [1.165, 1.54) is 12.1 Å². The minimum Gasteiger partial charge on any atom is -0.352 e. The van der Waals surface area contributed by atoms with Crippen LogP contribution in [0, 0.1) is 15.9 Å². The van der Waals surface area contributed by atoms with Gasteiger partial charge in [0, 0.05) is 22.2 Å². The van der Waals surface area contributed by atoms with Crippen molar-refractivity contribution in [2.24, 2.45) is 4.99 Å². The molecule has 0 spiro atoms. The molecule has 0 saturated heterocycles. The molecule has 0 unspecified atom stereocenters. The molecule has 0 atom stereocenters. The summed E-state index contributed by atoms with van der Waals surface area (Å²) in [6, 6.07) is 18.2. The van der Waals surface area contributed by atoms with E-state index < -0.39 is 10.7 Å². The number of hydrogen-bond acceptors (Lipinski definition) is 5. The molecule has 6 rings (SSSR count). The molecule has 3 aromatic carbocycles. The van der Waals surface area contributed by atoms with Gasteiger partial charge < -0.3 is 4.98 Å². The Morgan fingerprint density at radius 1 is 1.03 bits per heavy atom. The zero-order chi connectivity index (χ0) is 23.4. The van der Waals surface area contributed by atoms with Gasteiger partial charge in [-0.2, -0.15) is 0 Å². The van der Waals surface area contributed by atoms with Gasteiger partial charge in [0.2, 0.25) is 0 Å². The van der Waals surface area contributed by atoms with Crippen molar-refractivity contribution in [3.8, 4) is 17.2 Å². The Morgan fingerprint density at radius 3 is 2.71 bits per heavy atom. The highest BCUT2D eigenvalue weighted by Gasteiger charge is 2.26. The topological polar surface area (TPSA) is 102 Å². The number of nitrogens with zero attached hydrogens (tertiary/aromatic N) is 5. The fourth-order valence-electron chi connectivity index (χ4n) is 4.28. The van der Waals surface area contributed by atoms with E-state index in [2.05, 4.69) is 20.2 Å². The summed E-state index contributed by atoms with van der Waals surface area (Å²) in [7, 11) is 0. The van der Waals surface area contributed by atoms with Gasteiger partial charge in [-0.3, -0.25) is 19.7 Å². The van der Waals surface area contributed by atoms with Gasteiger partial charge in [0.25, 0.3) is 5.69 Å². The largest absolute Gasteiger partial charge is 0.352 e. The first-order chi connectivity index (χ1) is 16.5. The molecule has 10 heteroatoms. The number of aromatic amines is 1. The number of non-ortho nitro benzene ring substituents is 1. The van der Waals surface area contributed by atoms with Crippen LogP contribution in [0.5, 0.6) is 0 Å². The smallest absolute Gasteiger partial charge is 0.278 e. The second kappa shape index (κ2) is 7.60. The second-order valence-electron chi connectivity index (χ2n) is 7.76. The van der Waals surface area contributed by atoms with Crippen LogP contribution in [-0.4, -0.2) is 30.4 Å². The van der Waals surface area contributed by atoms with Gasteiger partial charge in [-0.15, -0.1) is 10.2 Å². The van der Waals surface area contributed by atoms with Gasteiger partial charge >= 0.3 is 0 Å². The van der Waals surface area contributed by atoms with Gasteiger partial charge in [0.1, 0.15) is 12.4 Å². The number of nitrogens with one attached hydrogen (secondary N) is 1. The molecule has 166 valence electrons. The van der Waals surface area contributed by atoms with Crippen LogP contribution in [0.1, 0.15) is 17.0 Å². The first-order valence-corrected chi connectivity index (χ1v) is 10.7. The third-order valence-corrected chi connectivity index (χ3v) is 6.01. The van der Waals surface area contributed by atoms with Crippen molar-refractivity contribution in [2.75, 3.05) is 0 Å². The number of nitro benzene ring substituents is 1. The SMILES string of the molecule is O=[N+]([O-])c1cccc2[nH]c(-c3nnc4n3-c3ccc(Cl)cc3C(c3ccccc3F)=NC4)cc12. The number of benzene rings is 3. The number of aliphatic imine (C=N–C) groups is 1. The Morgan fingerprint density at radius 2 is 1.88 bits per heavy atom. The second-order valence-corrected chi connectivity index (χ2v) is 8.20. The average Bonchev–Trinajstić information content (AvgIpc) is 3.40. The lowest BCUT2D eigenvalue weighted by Gasteiger charge is -2.14. The van der Waals surface area contributed by atoms with Crippen LogP contribution in [0.2, 0.25) is 5.02 Å². The van der Waals surface area contributed by atoms with Gasteiger partial charge in [0.15, 0.2) is 11.6 Å². The van der Waals surface area contributed by atoms with Crippen molar-refractivity contribution in [2.45, 2.75) is 6.54 Å². The molecule has 0 saturated carbocycles. The summed E-state index contributed by atoms with van der Waals surface area (Å²) >= 11 is 6.32. The fraction of sp³-hybridized carbons (Fsp3) is 0.0417. The maximum Gasteiger partial charge on any atom is 0.278 e. The van der Waals surface area contributed by atoms with E-state index in [0.29, 0.717) is 55.8 Å². The summed E-state index contributed by atoms with van der Waals surface area (Å²) in [6.07, 6.45) is 0. The van der Waals surface area contributed by atoms with Crippen molar-refractivity contribution >= 4 is 33.9 Å². The number of fused-ring (bicyclic) bond motifs is 4. The molecular formula is C24H14ClFN6O2. The van der Waals surface area contributed by atoms with E-state index >= 15 is 0 Å². The minimum atomic E-state index is -0.421. The third-order valence-electron chi connectivity index (χ3n) is 5.77. The summed E-state index contributed by atoms with van der Waals surface area (Å²) in [6.45, 7) is 0.156. The quantitative estimate of drug-likeness (QED) is 0.278. The Kier molecular flexibility index (Phi) is 4.53. The molecule has 3 heterocycles. The van der Waals surface area contributed by atoms with E-state index in [0.717, 1.165) is 0 Å².